The second kappa shape index (κ2) is 8.64. The number of hydrogen-bond donors (Lipinski definition) is 2. The van der Waals surface area contributed by atoms with Crippen molar-refractivity contribution in [3.05, 3.63) is 0 Å². The predicted molar refractivity (Wildman–Crippen MR) is 76.6 cm³/mol. The maximum Gasteiger partial charge on any atom is 0.310 e. The molecule has 6 nitrogen and oxygen atoms in total. The topological polar surface area (TPSA) is 92.7 Å². The average Bonchev–Trinajstić information content (AvgIpc) is 2.69. The molecule has 0 aliphatic heterocycles. The highest BCUT2D eigenvalue weighted by molar-refractivity contribution is 5.85. The summed E-state index contributed by atoms with van der Waals surface area (Å²) in [6, 6.07) is 0. The van der Waals surface area contributed by atoms with Crippen molar-refractivity contribution in [1.29, 1.82) is 0 Å². The van der Waals surface area contributed by atoms with Gasteiger partial charge in [0.1, 0.15) is 0 Å². The van der Waals surface area contributed by atoms with Crippen LogP contribution in [0.25, 0.3) is 0 Å². The van der Waals surface area contributed by atoms with Gasteiger partial charge < -0.3 is 15.2 Å². The van der Waals surface area contributed by atoms with E-state index in [1.54, 1.807) is 0 Å². The standard InChI is InChI=1S/C15H25NO5/c1-21-13(18)7-6-10-16-12(17)11-15(14(19)20)8-4-2-3-5-9-15/h2-11H2,1H3,(H,16,17)(H,19,20). The van der Waals surface area contributed by atoms with Crippen molar-refractivity contribution in [2.75, 3.05) is 13.7 Å². The Hall–Kier alpha value is -1.59. The number of rotatable bonds is 7. The summed E-state index contributed by atoms with van der Waals surface area (Å²) in [6.07, 6.45) is 5.71. The molecule has 0 bridgehead atoms. The molecular weight excluding hydrogens is 274 g/mol. The van der Waals surface area contributed by atoms with E-state index in [0.29, 0.717) is 25.8 Å². The summed E-state index contributed by atoms with van der Waals surface area (Å²) in [4.78, 5) is 34.5. The molecule has 1 saturated carbocycles. The Labute approximate surface area is 125 Å². The first kappa shape index (κ1) is 17.5. The molecule has 1 aliphatic rings. The number of amides is 1. The summed E-state index contributed by atoms with van der Waals surface area (Å²) in [5.41, 5.74) is -0.914. The van der Waals surface area contributed by atoms with Crippen molar-refractivity contribution in [2.45, 2.75) is 57.8 Å². The Morgan fingerprint density at radius 1 is 1.14 bits per heavy atom. The molecule has 0 aromatic heterocycles. The lowest BCUT2D eigenvalue weighted by atomic mass is 9.77. The number of carbonyl (C=O) groups is 3. The minimum absolute atomic E-state index is 0.0283. The van der Waals surface area contributed by atoms with E-state index in [1.807, 2.05) is 0 Å². The highest BCUT2D eigenvalue weighted by atomic mass is 16.5. The monoisotopic (exact) mass is 299 g/mol. The molecule has 2 N–H and O–H groups in total. The average molecular weight is 299 g/mol. The molecule has 0 aromatic carbocycles. The van der Waals surface area contributed by atoms with Crippen molar-refractivity contribution >= 4 is 17.8 Å². The first-order valence-electron chi connectivity index (χ1n) is 7.57. The third-order valence-corrected chi connectivity index (χ3v) is 4.12. The number of esters is 1. The normalized spacial score (nSPS) is 17.6. The molecule has 120 valence electrons. The van der Waals surface area contributed by atoms with Crippen LogP contribution in [0.3, 0.4) is 0 Å². The number of hydrogen-bond acceptors (Lipinski definition) is 4. The van der Waals surface area contributed by atoms with Crippen LogP contribution in [0.5, 0.6) is 0 Å². The zero-order chi connectivity index (χ0) is 15.7. The molecule has 0 aromatic rings. The van der Waals surface area contributed by atoms with Crippen molar-refractivity contribution in [3.8, 4) is 0 Å². The number of methoxy groups -OCH3 is 1. The molecule has 0 saturated heterocycles. The number of nitrogens with one attached hydrogen (secondary N) is 1. The molecule has 0 spiro atoms. The third kappa shape index (κ3) is 5.73. The minimum atomic E-state index is -0.914. The molecule has 1 aliphatic carbocycles. The summed E-state index contributed by atoms with van der Waals surface area (Å²) >= 11 is 0. The van der Waals surface area contributed by atoms with Gasteiger partial charge in [0.15, 0.2) is 0 Å². The lowest BCUT2D eigenvalue weighted by molar-refractivity contribution is -0.152. The molecule has 21 heavy (non-hydrogen) atoms. The molecule has 1 rings (SSSR count). The van der Waals surface area contributed by atoms with Crippen LogP contribution in [0.1, 0.15) is 57.8 Å². The van der Waals surface area contributed by atoms with Gasteiger partial charge in [-0.05, 0) is 19.3 Å². The third-order valence-electron chi connectivity index (χ3n) is 4.12. The van der Waals surface area contributed by atoms with Gasteiger partial charge in [-0.25, -0.2) is 0 Å². The lowest BCUT2D eigenvalue weighted by Gasteiger charge is -2.27. The molecule has 0 unspecified atom stereocenters. The van der Waals surface area contributed by atoms with Crippen LogP contribution < -0.4 is 5.32 Å². The first-order valence-corrected chi connectivity index (χ1v) is 7.57. The Balaban J connectivity index is 2.42. The highest BCUT2D eigenvalue weighted by Gasteiger charge is 2.40. The molecule has 0 radical (unpaired) electrons. The van der Waals surface area contributed by atoms with Gasteiger partial charge in [-0.2, -0.15) is 0 Å². The Kier molecular flexibility index (Phi) is 7.19. The van der Waals surface area contributed by atoms with E-state index in [9.17, 15) is 19.5 Å². The number of ether oxygens (including phenoxy) is 1. The van der Waals surface area contributed by atoms with Gasteiger partial charge in [-0.15, -0.1) is 0 Å². The van der Waals surface area contributed by atoms with Crippen LogP contribution in [0, 0.1) is 5.41 Å². The highest BCUT2D eigenvalue weighted by Crippen LogP contribution is 2.38. The van der Waals surface area contributed by atoms with E-state index in [4.69, 9.17) is 0 Å². The van der Waals surface area contributed by atoms with E-state index >= 15 is 0 Å². The van der Waals surface area contributed by atoms with Crippen molar-refractivity contribution in [1.82, 2.24) is 5.32 Å². The van der Waals surface area contributed by atoms with Gasteiger partial charge in [0, 0.05) is 19.4 Å². The summed E-state index contributed by atoms with van der Waals surface area (Å²) in [6.45, 7) is 0.365. The van der Waals surface area contributed by atoms with E-state index in [2.05, 4.69) is 10.1 Å². The zero-order valence-corrected chi connectivity index (χ0v) is 12.7. The van der Waals surface area contributed by atoms with Gasteiger partial charge in [-0.3, -0.25) is 14.4 Å². The molecule has 0 heterocycles. The van der Waals surface area contributed by atoms with Crippen molar-refractivity contribution < 1.29 is 24.2 Å². The van der Waals surface area contributed by atoms with Crippen LogP contribution in [-0.4, -0.2) is 36.6 Å². The summed E-state index contributed by atoms with van der Waals surface area (Å²) in [5.74, 6) is -1.42. The van der Waals surface area contributed by atoms with E-state index in [-0.39, 0.29) is 24.7 Å². The second-order valence-electron chi connectivity index (χ2n) is 5.71. The predicted octanol–water partition coefficient (Wildman–Crippen LogP) is 1.87. The van der Waals surface area contributed by atoms with Gasteiger partial charge in [0.2, 0.25) is 5.91 Å². The SMILES string of the molecule is COC(=O)CCCNC(=O)CC1(C(=O)O)CCCCCC1. The van der Waals surface area contributed by atoms with Crippen LogP contribution >= 0.6 is 0 Å². The minimum Gasteiger partial charge on any atom is -0.481 e. The fraction of sp³-hybridized carbons (Fsp3) is 0.800. The molecule has 1 amide bonds. The summed E-state index contributed by atoms with van der Waals surface area (Å²) < 4.78 is 4.51. The summed E-state index contributed by atoms with van der Waals surface area (Å²) in [5, 5.41) is 12.2. The fourth-order valence-electron chi connectivity index (χ4n) is 2.80. The van der Waals surface area contributed by atoms with Crippen molar-refractivity contribution in [2.24, 2.45) is 5.41 Å². The van der Waals surface area contributed by atoms with E-state index in [1.165, 1.54) is 7.11 Å². The molecular formula is C15H25NO5. The Morgan fingerprint density at radius 3 is 2.29 bits per heavy atom. The van der Waals surface area contributed by atoms with Crippen LogP contribution in [0.15, 0.2) is 0 Å². The first-order chi connectivity index (χ1) is 10.00. The number of carbonyl (C=O) groups excluding carboxylic acids is 2. The molecule has 1 fully saturated rings. The maximum absolute atomic E-state index is 12.0. The van der Waals surface area contributed by atoms with E-state index < -0.39 is 11.4 Å². The van der Waals surface area contributed by atoms with Gasteiger partial charge in [-0.1, -0.05) is 25.7 Å². The summed E-state index contributed by atoms with van der Waals surface area (Å²) in [7, 11) is 1.32. The number of carboxylic acids is 1. The van der Waals surface area contributed by atoms with Crippen LogP contribution in [-0.2, 0) is 19.1 Å². The fourth-order valence-corrected chi connectivity index (χ4v) is 2.80. The quantitative estimate of drug-likeness (QED) is 0.425. The number of carboxylic acid groups (broad SMARTS) is 1. The van der Waals surface area contributed by atoms with Crippen molar-refractivity contribution in [3.63, 3.8) is 0 Å². The Morgan fingerprint density at radius 2 is 1.76 bits per heavy atom. The lowest BCUT2D eigenvalue weighted by Crippen LogP contribution is -2.37. The molecule has 0 atom stereocenters. The molecule has 6 heteroatoms. The van der Waals surface area contributed by atoms with E-state index in [0.717, 1.165) is 25.7 Å². The smallest absolute Gasteiger partial charge is 0.310 e. The zero-order valence-electron chi connectivity index (χ0n) is 12.7. The maximum atomic E-state index is 12.0. The van der Waals surface area contributed by atoms with Gasteiger partial charge in [0.25, 0.3) is 0 Å². The van der Waals surface area contributed by atoms with Gasteiger partial charge >= 0.3 is 11.9 Å². The number of aliphatic carboxylic acids is 1. The Bertz CT molecular complexity index is 372. The van der Waals surface area contributed by atoms with Crippen LogP contribution in [0.2, 0.25) is 0 Å². The van der Waals surface area contributed by atoms with Crippen LogP contribution in [0.4, 0.5) is 0 Å². The largest absolute Gasteiger partial charge is 0.481 e. The van der Waals surface area contributed by atoms with Gasteiger partial charge in [0.05, 0.1) is 12.5 Å². The second-order valence-corrected chi connectivity index (χ2v) is 5.71.